The standard InChI is InChI=1S/C14H19BrN2O4/c1-14(2,3)21-13(20)17-7-6-16-11-8-9(15)4-5-10(11)12(18)19/h4-5,8,16H,6-7H2,1-3H3,(H,17,20)(H,18,19). The number of hydrogen-bond donors (Lipinski definition) is 3. The molecule has 21 heavy (non-hydrogen) atoms. The maximum atomic E-state index is 11.4. The van der Waals surface area contributed by atoms with Gasteiger partial charge >= 0.3 is 12.1 Å². The fourth-order valence-corrected chi connectivity index (χ4v) is 1.89. The summed E-state index contributed by atoms with van der Waals surface area (Å²) in [5, 5.41) is 14.6. The molecule has 0 fully saturated rings. The first-order valence-corrected chi connectivity index (χ1v) is 7.22. The number of ether oxygens (including phenoxy) is 1. The minimum absolute atomic E-state index is 0.176. The summed E-state index contributed by atoms with van der Waals surface area (Å²) in [4.78, 5) is 22.5. The van der Waals surface area contributed by atoms with Crippen LogP contribution in [0.3, 0.4) is 0 Å². The molecule has 0 atom stereocenters. The van der Waals surface area contributed by atoms with Gasteiger partial charge in [0.15, 0.2) is 0 Å². The number of carbonyl (C=O) groups is 2. The van der Waals surface area contributed by atoms with E-state index in [1.165, 1.54) is 6.07 Å². The Hall–Kier alpha value is -1.76. The van der Waals surface area contributed by atoms with E-state index in [2.05, 4.69) is 26.6 Å². The molecule has 0 aliphatic carbocycles. The van der Waals surface area contributed by atoms with Gasteiger partial charge in [-0.25, -0.2) is 9.59 Å². The number of amides is 1. The van der Waals surface area contributed by atoms with Crippen molar-refractivity contribution in [1.82, 2.24) is 5.32 Å². The predicted octanol–water partition coefficient (Wildman–Crippen LogP) is 3.08. The van der Waals surface area contributed by atoms with Crippen LogP contribution in [0.25, 0.3) is 0 Å². The Morgan fingerprint density at radius 3 is 2.52 bits per heavy atom. The highest BCUT2D eigenvalue weighted by molar-refractivity contribution is 9.10. The second-order valence-corrected chi connectivity index (χ2v) is 6.27. The highest BCUT2D eigenvalue weighted by Gasteiger charge is 2.15. The maximum absolute atomic E-state index is 11.4. The summed E-state index contributed by atoms with van der Waals surface area (Å²) in [6.07, 6.45) is -0.503. The van der Waals surface area contributed by atoms with Crippen molar-refractivity contribution in [3.63, 3.8) is 0 Å². The number of benzene rings is 1. The molecule has 6 nitrogen and oxygen atoms in total. The summed E-state index contributed by atoms with van der Waals surface area (Å²) in [7, 11) is 0. The Labute approximate surface area is 132 Å². The average Bonchev–Trinajstić information content (AvgIpc) is 2.32. The maximum Gasteiger partial charge on any atom is 0.407 e. The molecule has 1 rings (SSSR count). The fraction of sp³-hybridized carbons (Fsp3) is 0.429. The minimum Gasteiger partial charge on any atom is -0.478 e. The van der Waals surface area contributed by atoms with Gasteiger partial charge in [0.25, 0.3) is 0 Å². The van der Waals surface area contributed by atoms with Crippen molar-refractivity contribution in [2.45, 2.75) is 26.4 Å². The van der Waals surface area contributed by atoms with E-state index in [1.54, 1.807) is 32.9 Å². The van der Waals surface area contributed by atoms with Crippen LogP contribution >= 0.6 is 15.9 Å². The first-order chi connectivity index (χ1) is 9.69. The molecule has 0 heterocycles. The smallest absolute Gasteiger partial charge is 0.407 e. The number of carboxylic acids is 1. The molecule has 1 aromatic carbocycles. The summed E-state index contributed by atoms with van der Waals surface area (Å²) >= 11 is 3.29. The average molecular weight is 359 g/mol. The van der Waals surface area contributed by atoms with Gasteiger partial charge in [-0.3, -0.25) is 0 Å². The van der Waals surface area contributed by atoms with E-state index in [9.17, 15) is 9.59 Å². The fourth-order valence-electron chi connectivity index (χ4n) is 1.53. The van der Waals surface area contributed by atoms with Gasteiger partial charge in [-0.2, -0.15) is 0 Å². The second kappa shape index (κ2) is 7.31. The van der Waals surface area contributed by atoms with Crippen LogP contribution in [0.5, 0.6) is 0 Å². The molecule has 0 radical (unpaired) electrons. The molecule has 0 aliphatic rings. The van der Waals surface area contributed by atoms with Crippen LogP contribution in [-0.4, -0.2) is 35.9 Å². The first-order valence-electron chi connectivity index (χ1n) is 6.42. The molecule has 0 saturated heterocycles. The van der Waals surface area contributed by atoms with E-state index in [0.29, 0.717) is 18.8 Å². The van der Waals surface area contributed by atoms with Crippen LogP contribution in [-0.2, 0) is 4.74 Å². The van der Waals surface area contributed by atoms with Crippen LogP contribution in [0.15, 0.2) is 22.7 Å². The van der Waals surface area contributed by atoms with E-state index in [0.717, 1.165) is 4.47 Å². The Morgan fingerprint density at radius 2 is 1.95 bits per heavy atom. The number of nitrogens with one attached hydrogen (secondary N) is 2. The van der Waals surface area contributed by atoms with Crippen LogP contribution < -0.4 is 10.6 Å². The highest BCUT2D eigenvalue weighted by Crippen LogP contribution is 2.21. The summed E-state index contributed by atoms with van der Waals surface area (Å²) in [5.74, 6) is -1.01. The quantitative estimate of drug-likeness (QED) is 0.704. The van der Waals surface area contributed by atoms with Gasteiger partial charge in [0, 0.05) is 23.2 Å². The van der Waals surface area contributed by atoms with Gasteiger partial charge < -0.3 is 20.5 Å². The molecule has 0 aliphatic heterocycles. The Kier molecular flexibility index (Phi) is 6.02. The molecule has 7 heteroatoms. The van der Waals surface area contributed by atoms with Crippen molar-refractivity contribution >= 4 is 33.7 Å². The normalized spacial score (nSPS) is 10.9. The third-order valence-electron chi connectivity index (χ3n) is 2.32. The molecular weight excluding hydrogens is 340 g/mol. The van der Waals surface area contributed by atoms with Crippen molar-refractivity contribution in [3.05, 3.63) is 28.2 Å². The van der Waals surface area contributed by atoms with Gasteiger partial charge in [-0.1, -0.05) is 15.9 Å². The number of carboxylic acid groups (broad SMARTS) is 1. The van der Waals surface area contributed by atoms with E-state index in [1.807, 2.05) is 0 Å². The van der Waals surface area contributed by atoms with E-state index >= 15 is 0 Å². The molecule has 1 amide bonds. The first kappa shape index (κ1) is 17.3. The van der Waals surface area contributed by atoms with Gasteiger partial charge in [-0.15, -0.1) is 0 Å². The molecular formula is C14H19BrN2O4. The molecule has 116 valence electrons. The summed E-state index contributed by atoms with van der Waals surface area (Å²) in [6, 6.07) is 4.85. The van der Waals surface area contributed by atoms with Crippen molar-refractivity contribution in [2.24, 2.45) is 0 Å². The van der Waals surface area contributed by atoms with Crippen molar-refractivity contribution in [3.8, 4) is 0 Å². The number of anilines is 1. The zero-order chi connectivity index (χ0) is 16.0. The number of hydrogen-bond acceptors (Lipinski definition) is 4. The van der Waals surface area contributed by atoms with Crippen LogP contribution in [0, 0.1) is 0 Å². The Bertz CT molecular complexity index is 526. The van der Waals surface area contributed by atoms with Crippen molar-refractivity contribution in [2.75, 3.05) is 18.4 Å². The van der Waals surface area contributed by atoms with Crippen molar-refractivity contribution < 1.29 is 19.4 Å². The summed E-state index contributed by atoms with van der Waals surface area (Å²) < 4.78 is 5.86. The highest BCUT2D eigenvalue weighted by atomic mass is 79.9. The molecule has 0 saturated carbocycles. The largest absolute Gasteiger partial charge is 0.478 e. The molecule has 0 aromatic heterocycles. The zero-order valence-electron chi connectivity index (χ0n) is 12.2. The predicted molar refractivity (Wildman–Crippen MR) is 83.8 cm³/mol. The lowest BCUT2D eigenvalue weighted by atomic mass is 10.2. The lowest BCUT2D eigenvalue weighted by molar-refractivity contribution is 0.0529. The van der Waals surface area contributed by atoms with Gasteiger partial charge in [0.05, 0.1) is 5.56 Å². The third-order valence-corrected chi connectivity index (χ3v) is 2.81. The summed E-state index contributed by atoms with van der Waals surface area (Å²) in [5.41, 5.74) is 0.122. The number of rotatable bonds is 5. The SMILES string of the molecule is CC(C)(C)OC(=O)NCCNc1cc(Br)ccc1C(=O)O. The number of halogens is 1. The van der Waals surface area contributed by atoms with Crippen LogP contribution in [0.4, 0.5) is 10.5 Å². The van der Waals surface area contributed by atoms with E-state index < -0.39 is 17.7 Å². The minimum atomic E-state index is -1.01. The van der Waals surface area contributed by atoms with Gasteiger partial charge in [0.2, 0.25) is 0 Å². The van der Waals surface area contributed by atoms with Gasteiger partial charge in [-0.05, 0) is 39.0 Å². The van der Waals surface area contributed by atoms with Gasteiger partial charge in [0.1, 0.15) is 5.60 Å². The lowest BCUT2D eigenvalue weighted by Crippen LogP contribution is -2.35. The third kappa shape index (κ3) is 6.48. The number of aromatic carboxylic acids is 1. The molecule has 0 unspecified atom stereocenters. The molecule has 3 N–H and O–H groups in total. The Balaban J connectivity index is 2.48. The van der Waals surface area contributed by atoms with Crippen molar-refractivity contribution in [1.29, 1.82) is 0 Å². The van der Waals surface area contributed by atoms with E-state index in [4.69, 9.17) is 9.84 Å². The number of carbonyl (C=O) groups excluding carboxylic acids is 1. The monoisotopic (exact) mass is 358 g/mol. The molecule has 0 bridgehead atoms. The van der Waals surface area contributed by atoms with Crippen LogP contribution in [0.1, 0.15) is 31.1 Å². The zero-order valence-corrected chi connectivity index (χ0v) is 13.8. The Morgan fingerprint density at radius 1 is 1.29 bits per heavy atom. The lowest BCUT2D eigenvalue weighted by Gasteiger charge is -2.19. The van der Waals surface area contributed by atoms with Crippen LogP contribution in [0.2, 0.25) is 0 Å². The molecule has 0 spiro atoms. The number of alkyl carbamates (subject to hydrolysis) is 1. The van der Waals surface area contributed by atoms with E-state index in [-0.39, 0.29) is 5.56 Å². The second-order valence-electron chi connectivity index (χ2n) is 5.35. The summed E-state index contributed by atoms with van der Waals surface area (Å²) in [6.45, 7) is 6.05. The molecule has 1 aromatic rings. The topological polar surface area (TPSA) is 87.7 Å².